The second-order valence-corrected chi connectivity index (χ2v) is 9.63. The van der Waals surface area contributed by atoms with Gasteiger partial charge in [0.15, 0.2) is 11.6 Å². The summed E-state index contributed by atoms with van der Waals surface area (Å²) in [6.45, 7) is 5.19. The Labute approximate surface area is 216 Å². The lowest BCUT2D eigenvalue weighted by Gasteiger charge is -2.39. The standard InChI is InChI=1S/C30H32FNO5/c1-20-15-21(2)17-24(16-20)30(11-13-36-14-12-30)32-29(35)25-18-22(7-8-23(25)9-10-28(33)34)19-37-27-6-4-3-5-26(27)31/h3-8,15-18H,9-14,19H2,1-2H3,(H,32,35)(H,33,34). The van der Waals surface area contributed by atoms with Crippen molar-refractivity contribution in [2.75, 3.05) is 13.2 Å². The summed E-state index contributed by atoms with van der Waals surface area (Å²) in [6.07, 6.45) is 1.37. The molecule has 7 heteroatoms. The number of rotatable bonds is 9. The number of nitrogens with one attached hydrogen (secondary N) is 1. The van der Waals surface area contributed by atoms with Gasteiger partial charge >= 0.3 is 5.97 Å². The maximum atomic E-state index is 14.0. The van der Waals surface area contributed by atoms with E-state index in [0.29, 0.717) is 42.7 Å². The molecule has 6 nitrogen and oxygen atoms in total. The van der Waals surface area contributed by atoms with Gasteiger partial charge in [-0.25, -0.2) is 4.39 Å². The maximum Gasteiger partial charge on any atom is 0.303 e. The van der Waals surface area contributed by atoms with E-state index in [4.69, 9.17) is 9.47 Å². The first-order valence-electron chi connectivity index (χ1n) is 12.5. The van der Waals surface area contributed by atoms with Crippen molar-refractivity contribution in [3.63, 3.8) is 0 Å². The number of carbonyl (C=O) groups excluding carboxylic acids is 1. The number of para-hydroxylation sites is 1. The lowest BCUT2D eigenvalue weighted by molar-refractivity contribution is -0.136. The van der Waals surface area contributed by atoms with Crippen LogP contribution in [-0.2, 0) is 28.1 Å². The fraction of sp³-hybridized carbons (Fsp3) is 0.333. The molecule has 194 valence electrons. The number of aliphatic carboxylic acids is 1. The van der Waals surface area contributed by atoms with Gasteiger partial charge in [0.1, 0.15) is 6.61 Å². The molecule has 1 saturated heterocycles. The first-order valence-corrected chi connectivity index (χ1v) is 12.5. The van der Waals surface area contributed by atoms with Crippen LogP contribution in [0.2, 0.25) is 0 Å². The van der Waals surface area contributed by atoms with Crippen LogP contribution in [0, 0.1) is 19.7 Å². The molecular weight excluding hydrogens is 473 g/mol. The van der Waals surface area contributed by atoms with Crippen molar-refractivity contribution in [2.45, 2.75) is 51.7 Å². The highest BCUT2D eigenvalue weighted by atomic mass is 19.1. The van der Waals surface area contributed by atoms with E-state index in [0.717, 1.165) is 16.7 Å². The Morgan fingerprint density at radius 2 is 1.73 bits per heavy atom. The number of carboxylic acids is 1. The zero-order valence-corrected chi connectivity index (χ0v) is 21.2. The first-order chi connectivity index (χ1) is 17.8. The third-order valence-electron chi connectivity index (χ3n) is 6.73. The summed E-state index contributed by atoms with van der Waals surface area (Å²) in [7, 11) is 0. The highest BCUT2D eigenvalue weighted by Gasteiger charge is 2.37. The molecule has 0 spiro atoms. The van der Waals surface area contributed by atoms with Gasteiger partial charge in [0.25, 0.3) is 5.91 Å². The van der Waals surface area contributed by atoms with Crippen LogP contribution in [0.4, 0.5) is 4.39 Å². The molecule has 37 heavy (non-hydrogen) atoms. The Bertz CT molecular complexity index is 1260. The predicted octanol–water partition coefficient (Wildman–Crippen LogP) is 5.47. The third-order valence-corrected chi connectivity index (χ3v) is 6.73. The zero-order chi connectivity index (χ0) is 26.4. The van der Waals surface area contributed by atoms with E-state index in [1.807, 2.05) is 13.8 Å². The molecule has 2 N–H and O–H groups in total. The minimum Gasteiger partial charge on any atom is -0.486 e. The average Bonchev–Trinajstić information content (AvgIpc) is 2.87. The molecule has 1 heterocycles. The molecule has 3 aromatic carbocycles. The molecule has 3 aromatic rings. The van der Waals surface area contributed by atoms with Gasteiger partial charge < -0.3 is 19.9 Å². The van der Waals surface area contributed by atoms with Gasteiger partial charge in [-0.15, -0.1) is 0 Å². The van der Waals surface area contributed by atoms with Crippen LogP contribution in [0.3, 0.4) is 0 Å². The maximum absolute atomic E-state index is 14.0. The molecule has 1 amide bonds. The highest BCUT2D eigenvalue weighted by molar-refractivity contribution is 5.96. The van der Waals surface area contributed by atoms with Crippen molar-refractivity contribution < 1.29 is 28.6 Å². The van der Waals surface area contributed by atoms with Crippen molar-refractivity contribution in [3.8, 4) is 5.75 Å². The van der Waals surface area contributed by atoms with Crippen LogP contribution in [0.5, 0.6) is 5.75 Å². The molecule has 1 aliphatic rings. The fourth-order valence-electron chi connectivity index (χ4n) is 4.85. The van der Waals surface area contributed by atoms with E-state index in [2.05, 4.69) is 23.5 Å². The zero-order valence-electron chi connectivity index (χ0n) is 21.2. The molecule has 0 radical (unpaired) electrons. The number of hydrogen-bond donors (Lipinski definition) is 2. The Morgan fingerprint density at radius 1 is 1.03 bits per heavy atom. The highest BCUT2D eigenvalue weighted by Crippen LogP contribution is 2.34. The van der Waals surface area contributed by atoms with Gasteiger partial charge in [-0.2, -0.15) is 0 Å². The second kappa shape index (κ2) is 11.6. The molecule has 0 bridgehead atoms. The monoisotopic (exact) mass is 505 g/mol. The number of halogens is 1. The molecule has 1 aliphatic heterocycles. The quantitative estimate of drug-likeness (QED) is 0.403. The number of benzene rings is 3. The fourth-order valence-corrected chi connectivity index (χ4v) is 4.85. The van der Waals surface area contributed by atoms with Gasteiger partial charge in [0.2, 0.25) is 0 Å². The van der Waals surface area contributed by atoms with Crippen molar-refractivity contribution in [1.29, 1.82) is 0 Å². The smallest absolute Gasteiger partial charge is 0.303 e. The topological polar surface area (TPSA) is 84.9 Å². The number of carbonyl (C=O) groups is 2. The lowest BCUT2D eigenvalue weighted by atomic mass is 9.81. The second-order valence-electron chi connectivity index (χ2n) is 9.63. The Kier molecular flexibility index (Phi) is 8.24. The summed E-state index contributed by atoms with van der Waals surface area (Å²) in [5.74, 6) is -1.56. The largest absolute Gasteiger partial charge is 0.486 e. The molecule has 1 fully saturated rings. The van der Waals surface area contributed by atoms with Crippen molar-refractivity contribution >= 4 is 11.9 Å². The van der Waals surface area contributed by atoms with Crippen molar-refractivity contribution in [3.05, 3.63) is 99.9 Å². The lowest BCUT2D eigenvalue weighted by Crippen LogP contribution is -2.49. The Balaban J connectivity index is 1.65. The van der Waals surface area contributed by atoms with E-state index in [1.54, 1.807) is 36.4 Å². The van der Waals surface area contributed by atoms with Gasteiger partial charge in [0, 0.05) is 25.2 Å². The number of ether oxygens (including phenoxy) is 2. The van der Waals surface area contributed by atoms with Crippen molar-refractivity contribution in [1.82, 2.24) is 5.32 Å². The molecule has 0 aromatic heterocycles. The average molecular weight is 506 g/mol. The van der Waals surface area contributed by atoms with Gasteiger partial charge in [-0.3, -0.25) is 9.59 Å². The molecular formula is C30H32FNO5. The number of carboxylic acid groups (broad SMARTS) is 1. The van der Waals surface area contributed by atoms with Gasteiger partial charge in [0.05, 0.1) is 5.54 Å². The molecule has 4 rings (SSSR count). The predicted molar refractivity (Wildman–Crippen MR) is 138 cm³/mol. The first kappa shape index (κ1) is 26.4. The summed E-state index contributed by atoms with van der Waals surface area (Å²) in [5, 5.41) is 12.5. The molecule has 0 atom stereocenters. The molecule has 0 aliphatic carbocycles. The minimum absolute atomic E-state index is 0.0660. The minimum atomic E-state index is -0.936. The summed E-state index contributed by atoms with van der Waals surface area (Å²) < 4.78 is 25.3. The van der Waals surface area contributed by atoms with E-state index < -0.39 is 17.3 Å². The van der Waals surface area contributed by atoms with Gasteiger partial charge in [-0.05, 0) is 68.0 Å². The third kappa shape index (κ3) is 6.54. The van der Waals surface area contributed by atoms with Crippen LogP contribution < -0.4 is 10.1 Å². The van der Waals surface area contributed by atoms with Crippen LogP contribution in [0.25, 0.3) is 0 Å². The number of amides is 1. The van der Waals surface area contributed by atoms with E-state index in [9.17, 15) is 19.1 Å². The number of hydrogen-bond acceptors (Lipinski definition) is 4. The van der Waals surface area contributed by atoms with Crippen molar-refractivity contribution in [2.24, 2.45) is 0 Å². The normalized spacial score (nSPS) is 14.7. The summed E-state index contributed by atoms with van der Waals surface area (Å²) >= 11 is 0. The number of aryl methyl sites for hydroxylation is 3. The summed E-state index contributed by atoms with van der Waals surface area (Å²) in [5.41, 5.74) is 4.38. The van der Waals surface area contributed by atoms with Crippen LogP contribution in [-0.4, -0.2) is 30.2 Å². The Hall–Kier alpha value is -3.71. The summed E-state index contributed by atoms with van der Waals surface area (Å²) in [6, 6.07) is 17.7. The molecule has 0 unspecified atom stereocenters. The summed E-state index contributed by atoms with van der Waals surface area (Å²) in [4.78, 5) is 25.1. The van der Waals surface area contributed by atoms with Gasteiger partial charge in [-0.1, -0.05) is 53.6 Å². The van der Waals surface area contributed by atoms with E-state index >= 15 is 0 Å². The SMILES string of the molecule is Cc1cc(C)cc(C2(NC(=O)c3cc(COc4ccccc4F)ccc3CCC(=O)O)CCOCC2)c1. The molecule has 0 saturated carbocycles. The van der Waals surface area contributed by atoms with E-state index in [-0.39, 0.29) is 31.1 Å². The van der Waals surface area contributed by atoms with Crippen LogP contribution in [0.15, 0.2) is 60.7 Å². The van der Waals surface area contributed by atoms with Crippen LogP contribution in [0.1, 0.15) is 57.4 Å². The Morgan fingerprint density at radius 3 is 2.41 bits per heavy atom. The van der Waals surface area contributed by atoms with Crippen LogP contribution >= 0.6 is 0 Å². The van der Waals surface area contributed by atoms with E-state index in [1.165, 1.54) is 6.07 Å².